The van der Waals surface area contributed by atoms with Gasteiger partial charge < -0.3 is 10.1 Å². The standard InChI is InChI=1S/C18H28FNO/c1-14(2)20-13-16(7-10-18-4-3-11-21-18)12-15-5-8-17(19)9-6-15/h5-6,8-9,14,16,18,20H,3-4,7,10-13H2,1-2H3. The van der Waals surface area contributed by atoms with Crippen molar-refractivity contribution >= 4 is 0 Å². The van der Waals surface area contributed by atoms with Crippen molar-refractivity contribution in [1.82, 2.24) is 5.32 Å². The number of hydrogen-bond donors (Lipinski definition) is 1. The van der Waals surface area contributed by atoms with Crippen molar-refractivity contribution < 1.29 is 9.13 Å². The molecule has 0 aromatic heterocycles. The Bertz CT molecular complexity index is 398. The second-order valence-electron chi connectivity index (χ2n) is 6.47. The first-order valence-electron chi connectivity index (χ1n) is 8.23. The molecule has 1 N–H and O–H groups in total. The average Bonchev–Trinajstić information content (AvgIpc) is 2.97. The quantitative estimate of drug-likeness (QED) is 0.784. The molecule has 0 bridgehead atoms. The van der Waals surface area contributed by atoms with Crippen LogP contribution in [0.2, 0.25) is 0 Å². The first kappa shape index (κ1) is 16.4. The predicted molar refractivity (Wildman–Crippen MR) is 84.9 cm³/mol. The molecule has 0 amide bonds. The van der Waals surface area contributed by atoms with Gasteiger partial charge in [0, 0.05) is 12.6 Å². The van der Waals surface area contributed by atoms with E-state index in [-0.39, 0.29) is 5.82 Å². The molecule has 118 valence electrons. The fourth-order valence-corrected chi connectivity index (χ4v) is 2.93. The summed E-state index contributed by atoms with van der Waals surface area (Å²) in [6, 6.07) is 7.43. The minimum atomic E-state index is -0.157. The first-order valence-corrected chi connectivity index (χ1v) is 8.23. The van der Waals surface area contributed by atoms with Gasteiger partial charge in [0.1, 0.15) is 5.82 Å². The maximum absolute atomic E-state index is 13.0. The third kappa shape index (κ3) is 6.15. The number of hydrogen-bond acceptors (Lipinski definition) is 2. The van der Waals surface area contributed by atoms with Crippen LogP contribution in [0.15, 0.2) is 24.3 Å². The summed E-state index contributed by atoms with van der Waals surface area (Å²) in [5.74, 6) is 0.428. The Hall–Kier alpha value is -0.930. The van der Waals surface area contributed by atoms with E-state index in [1.54, 1.807) is 12.1 Å². The molecule has 1 aliphatic heterocycles. The van der Waals surface area contributed by atoms with Gasteiger partial charge in [-0.1, -0.05) is 26.0 Å². The van der Waals surface area contributed by atoms with E-state index in [9.17, 15) is 4.39 Å². The van der Waals surface area contributed by atoms with E-state index in [1.165, 1.54) is 24.8 Å². The summed E-state index contributed by atoms with van der Waals surface area (Å²) in [6.07, 6.45) is 6.19. The zero-order chi connectivity index (χ0) is 15.1. The summed E-state index contributed by atoms with van der Waals surface area (Å²) in [5.41, 5.74) is 1.22. The lowest BCUT2D eigenvalue weighted by Crippen LogP contribution is -2.30. The minimum Gasteiger partial charge on any atom is -0.378 e. The summed E-state index contributed by atoms with van der Waals surface area (Å²) in [6.45, 7) is 6.30. The number of benzene rings is 1. The number of ether oxygens (including phenoxy) is 1. The van der Waals surface area contributed by atoms with Crippen molar-refractivity contribution in [3.05, 3.63) is 35.6 Å². The van der Waals surface area contributed by atoms with E-state index in [1.807, 2.05) is 12.1 Å². The Labute approximate surface area is 128 Å². The van der Waals surface area contributed by atoms with Crippen molar-refractivity contribution in [3.63, 3.8) is 0 Å². The minimum absolute atomic E-state index is 0.157. The van der Waals surface area contributed by atoms with Gasteiger partial charge in [-0.25, -0.2) is 4.39 Å². The Kier molecular flexibility index (Phi) is 6.65. The van der Waals surface area contributed by atoms with Gasteiger partial charge in [-0.05, 0) is 62.3 Å². The highest BCUT2D eigenvalue weighted by molar-refractivity contribution is 5.16. The van der Waals surface area contributed by atoms with Crippen LogP contribution in [0, 0.1) is 11.7 Å². The highest BCUT2D eigenvalue weighted by atomic mass is 19.1. The molecule has 1 aromatic rings. The molecule has 2 nitrogen and oxygen atoms in total. The van der Waals surface area contributed by atoms with Gasteiger partial charge in [-0.15, -0.1) is 0 Å². The van der Waals surface area contributed by atoms with Crippen LogP contribution in [-0.2, 0) is 11.2 Å². The van der Waals surface area contributed by atoms with Crippen molar-refractivity contribution in [1.29, 1.82) is 0 Å². The van der Waals surface area contributed by atoms with E-state index in [2.05, 4.69) is 19.2 Å². The summed E-state index contributed by atoms with van der Waals surface area (Å²) >= 11 is 0. The summed E-state index contributed by atoms with van der Waals surface area (Å²) in [5, 5.41) is 3.54. The number of nitrogens with one attached hydrogen (secondary N) is 1. The van der Waals surface area contributed by atoms with Gasteiger partial charge in [-0.2, -0.15) is 0 Å². The molecular weight excluding hydrogens is 265 g/mol. The highest BCUT2D eigenvalue weighted by Crippen LogP contribution is 2.21. The van der Waals surface area contributed by atoms with Gasteiger partial charge >= 0.3 is 0 Å². The molecule has 0 aliphatic carbocycles. The van der Waals surface area contributed by atoms with Crippen molar-refractivity contribution in [3.8, 4) is 0 Å². The van der Waals surface area contributed by atoms with Crippen LogP contribution in [0.4, 0.5) is 4.39 Å². The van der Waals surface area contributed by atoms with Crippen LogP contribution in [0.25, 0.3) is 0 Å². The Balaban J connectivity index is 1.85. The molecule has 3 heteroatoms. The molecule has 1 saturated heterocycles. The summed E-state index contributed by atoms with van der Waals surface area (Å²) in [7, 11) is 0. The average molecular weight is 293 g/mol. The van der Waals surface area contributed by atoms with Crippen molar-refractivity contribution in [2.75, 3.05) is 13.2 Å². The fraction of sp³-hybridized carbons (Fsp3) is 0.667. The van der Waals surface area contributed by atoms with Gasteiger partial charge in [0.2, 0.25) is 0 Å². The normalized spacial score (nSPS) is 20.1. The van der Waals surface area contributed by atoms with Crippen molar-refractivity contribution in [2.45, 2.75) is 58.1 Å². The largest absolute Gasteiger partial charge is 0.378 e. The van der Waals surface area contributed by atoms with Crippen LogP contribution in [0.3, 0.4) is 0 Å². The molecule has 1 heterocycles. The molecule has 0 saturated carbocycles. The first-order chi connectivity index (χ1) is 10.1. The highest BCUT2D eigenvalue weighted by Gasteiger charge is 2.18. The Morgan fingerprint density at radius 2 is 2.05 bits per heavy atom. The monoisotopic (exact) mass is 293 g/mol. The number of rotatable bonds is 8. The SMILES string of the molecule is CC(C)NCC(CCC1CCCO1)Cc1ccc(F)cc1. The van der Waals surface area contributed by atoms with Gasteiger partial charge in [0.05, 0.1) is 6.10 Å². The zero-order valence-electron chi connectivity index (χ0n) is 13.3. The molecule has 2 atom stereocenters. The molecule has 0 spiro atoms. The molecule has 21 heavy (non-hydrogen) atoms. The van der Waals surface area contributed by atoms with Crippen LogP contribution in [0.5, 0.6) is 0 Å². The van der Waals surface area contributed by atoms with E-state index in [0.29, 0.717) is 18.1 Å². The van der Waals surface area contributed by atoms with Crippen LogP contribution < -0.4 is 5.32 Å². The van der Waals surface area contributed by atoms with E-state index in [4.69, 9.17) is 4.74 Å². The van der Waals surface area contributed by atoms with Crippen LogP contribution in [0.1, 0.15) is 45.1 Å². The fourth-order valence-electron chi connectivity index (χ4n) is 2.93. The molecule has 1 aliphatic rings. The molecule has 2 unspecified atom stereocenters. The number of halogens is 1. The molecular formula is C18H28FNO. The summed E-state index contributed by atoms with van der Waals surface area (Å²) < 4.78 is 18.7. The zero-order valence-corrected chi connectivity index (χ0v) is 13.3. The Morgan fingerprint density at radius 3 is 2.67 bits per heavy atom. The lowest BCUT2D eigenvalue weighted by Gasteiger charge is -2.21. The maximum atomic E-state index is 13.0. The molecule has 1 fully saturated rings. The second kappa shape index (κ2) is 8.50. The third-order valence-corrected chi connectivity index (χ3v) is 4.17. The second-order valence-corrected chi connectivity index (χ2v) is 6.47. The molecule has 0 radical (unpaired) electrons. The maximum Gasteiger partial charge on any atom is 0.123 e. The van der Waals surface area contributed by atoms with E-state index in [0.717, 1.165) is 26.0 Å². The Morgan fingerprint density at radius 1 is 1.29 bits per heavy atom. The van der Waals surface area contributed by atoms with Gasteiger partial charge in [-0.3, -0.25) is 0 Å². The van der Waals surface area contributed by atoms with Crippen LogP contribution in [-0.4, -0.2) is 25.3 Å². The van der Waals surface area contributed by atoms with E-state index < -0.39 is 0 Å². The van der Waals surface area contributed by atoms with Gasteiger partial charge in [0.15, 0.2) is 0 Å². The van der Waals surface area contributed by atoms with Crippen LogP contribution >= 0.6 is 0 Å². The molecule has 2 rings (SSSR count). The van der Waals surface area contributed by atoms with E-state index >= 15 is 0 Å². The lowest BCUT2D eigenvalue weighted by molar-refractivity contribution is 0.0978. The summed E-state index contributed by atoms with van der Waals surface area (Å²) in [4.78, 5) is 0. The lowest BCUT2D eigenvalue weighted by atomic mass is 9.92. The van der Waals surface area contributed by atoms with Crippen molar-refractivity contribution in [2.24, 2.45) is 5.92 Å². The topological polar surface area (TPSA) is 21.3 Å². The third-order valence-electron chi connectivity index (χ3n) is 4.17. The molecule has 1 aromatic carbocycles. The predicted octanol–water partition coefficient (Wildman–Crippen LogP) is 3.94. The smallest absolute Gasteiger partial charge is 0.123 e. The van der Waals surface area contributed by atoms with Gasteiger partial charge in [0.25, 0.3) is 0 Å².